The standard InChI is InChI=1S/C14H19NO2/c1-10(2)13-6-4-12(5-7-13)8-14(17)15-11(3)9-16/h4-7,9-11H,8H2,1-3H3,(H,15,17)/t11-/m0/s1. The highest BCUT2D eigenvalue weighted by atomic mass is 16.2. The molecular weight excluding hydrogens is 214 g/mol. The summed E-state index contributed by atoms with van der Waals surface area (Å²) < 4.78 is 0. The summed E-state index contributed by atoms with van der Waals surface area (Å²) >= 11 is 0. The first kappa shape index (κ1) is 13.4. The Morgan fingerprint density at radius 2 is 1.82 bits per heavy atom. The van der Waals surface area contributed by atoms with Crippen LogP contribution in [-0.2, 0) is 16.0 Å². The topological polar surface area (TPSA) is 46.2 Å². The Balaban J connectivity index is 2.57. The molecule has 0 aliphatic heterocycles. The number of nitrogens with one attached hydrogen (secondary N) is 1. The maximum Gasteiger partial charge on any atom is 0.224 e. The summed E-state index contributed by atoms with van der Waals surface area (Å²) in [5.74, 6) is 0.370. The summed E-state index contributed by atoms with van der Waals surface area (Å²) in [4.78, 5) is 21.9. The van der Waals surface area contributed by atoms with Gasteiger partial charge < -0.3 is 10.1 Å². The SMILES string of the molecule is CC(C)c1ccc(CC(=O)N[C@@H](C)C=O)cc1. The van der Waals surface area contributed by atoms with Gasteiger partial charge in [0.05, 0.1) is 12.5 Å². The third-order valence-electron chi connectivity index (χ3n) is 2.60. The number of aldehydes is 1. The summed E-state index contributed by atoms with van der Waals surface area (Å²) in [6.45, 7) is 5.92. The summed E-state index contributed by atoms with van der Waals surface area (Å²) in [5, 5.41) is 2.61. The van der Waals surface area contributed by atoms with Crippen LogP contribution in [0.5, 0.6) is 0 Å². The van der Waals surface area contributed by atoms with Gasteiger partial charge in [-0.1, -0.05) is 38.1 Å². The molecule has 0 aromatic heterocycles. The van der Waals surface area contributed by atoms with Crippen molar-refractivity contribution in [1.82, 2.24) is 5.32 Å². The second kappa shape index (κ2) is 6.18. The maximum absolute atomic E-state index is 11.5. The van der Waals surface area contributed by atoms with Crippen molar-refractivity contribution in [3.63, 3.8) is 0 Å². The van der Waals surface area contributed by atoms with Crippen molar-refractivity contribution in [2.24, 2.45) is 0 Å². The molecule has 0 saturated carbocycles. The molecular formula is C14H19NO2. The average molecular weight is 233 g/mol. The van der Waals surface area contributed by atoms with E-state index in [9.17, 15) is 9.59 Å². The second-order valence-electron chi connectivity index (χ2n) is 4.57. The Labute approximate surface area is 102 Å². The molecule has 0 fully saturated rings. The number of carbonyl (C=O) groups is 2. The van der Waals surface area contributed by atoms with E-state index in [1.165, 1.54) is 5.56 Å². The van der Waals surface area contributed by atoms with E-state index in [0.717, 1.165) is 11.8 Å². The van der Waals surface area contributed by atoms with Gasteiger partial charge in [0.25, 0.3) is 0 Å². The first-order valence-corrected chi connectivity index (χ1v) is 5.86. The molecule has 0 radical (unpaired) electrons. The van der Waals surface area contributed by atoms with Gasteiger partial charge in [-0.05, 0) is 24.0 Å². The maximum atomic E-state index is 11.5. The fourth-order valence-corrected chi connectivity index (χ4v) is 1.54. The van der Waals surface area contributed by atoms with Crippen molar-refractivity contribution >= 4 is 12.2 Å². The molecule has 3 heteroatoms. The zero-order valence-corrected chi connectivity index (χ0v) is 10.6. The van der Waals surface area contributed by atoms with Gasteiger partial charge >= 0.3 is 0 Å². The lowest BCUT2D eigenvalue weighted by atomic mass is 10.0. The quantitative estimate of drug-likeness (QED) is 0.791. The molecule has 0 saturated heterocycles. The Bertz CT molecular complexity index is 382. The van der Waals surface area contributed by atoms with Crippen molar-refractivity contribution in [3.8, 4) is 0 Å². The summed E-state index contributed by atoms with van der Waals surface area (Å²) in [6, 6.07) is 7.57. The number of hydrogen-bond donors (Lipinski definition) is 1. The van der Waals surface area contributed by atoms with Crippen molar-refractivity contribution in [2.45, 2.75) is 39.2 Å². The lowest BCUT2D eigenvalue weighted by Crippen LogP contribution is -2.34. The van der Waals surface area contributed by atoms with E-state index in [4.69, 9.17) is 0 Å². The van der Waals surface area contributed by atoms with Crippen LogP contribution in [0.25, 0.3) is 0 Å². The molecule has 17 heavy (non-hydrogen) atoms. The summed E-state index contributed by atoms with van der Waals surface area (Å²) in [6.07, 6.45) is 1.04. The molecule has 0 unspecified atom stereocenters. The van der Waals surface area contributed by atoms with Gasteiger partial charge in [-0.15, -0.1) is 0 Å². The number of amides is 1. The van der Waals surface area contributed by atoms with Crippen molar-refractivity contribution in [1.29, 1.82) is 0 Å². The van der Waals surface area contributed by atoms with Crippen LogP contribution < -0.4 is 5.32 Å². The molecule has 1 aromatic carbocycles. The lowest BCUT2D eigenvalue weighted by Gasteiger charge is -2.09. The first-order chi connectivity index (χ1) is 8.02. The second-order valence-corrected chi connectivity index (χ2v) is 4.57. The van der Waals surface area contributed by atoms with E-state index < -0.39 is 6.04 Å². The zero-order chi connectivity index (χ0) is 12.8. The zero-order valence-electron chi connectivity index (χ0n) is 10.6. The fourth-order valence-electron chi connectivity index (χ4n) is 1.54. The van der Waals surface area contributed by atoms with Crippen molar-refractivity contribution < 1.29 is 9.59 Å². The van der Waals surface area contributed by atoms with Crippen LogP contribution in [0.2, 0.25) is 0 Å². The van der Waals surface area contributed by atoms with E-state index in [-0.39, 0.29) is 5.91 Å². The smallest absolute Gasteiger partial charge is 0.224 e. The number of hydrogen-bond acceptors (Lipinski definition) is 2. The Hall–Kier alpha value is -1.64. The summed E-state index contributed by atoms with van der Waals surface area (Å²) in [7, 11) is 0. The predicted octanol–water partition coefficient (Wildman–Crippen LogP) is 2.06. The molecule has 1 N–H and O–H groups in total. The predicted molar refractivity (Wildman–Crippen MR) is 67.9 cm³/mol. The van der Waals surface area contributed by atoms with Crippen LogP contribution in [0.4, 0.5) is 0 Å². The van der Waals surface area contributed by atoms with Crippen LogP contribution in [-0.4, -0.2) is 18.2 Å². The third-order valence-corrected chi connectivity index (χ3v) is 2.60. The molecule has 0 aliphatic carbocycles. The fraction of sp³-hybridized carbons (Fsp3) is 0.429. The van der Waals surface area contributed by atoms with Gasteiger partial charge in [0.1, 0.15) is 6.29 Å². The molecule has 0 spiro atoms. The van der Waals surface area contributed by atoms with E-state index in [1.807, 2.05) is 24.3 Å². The first-order valence-electron chi connectivity index (χ1n) is 5.86. The number of carbonyl (C=O) groups excluding carboxylic acids is 2. The minimum atomic E-state index is -0.419. The van der Waals surface area contributed by atoms with Gasteiger partial charge in [-0.3, -0.25) is 4.79 Å². The lowest BCUT2D eigenvalue weighted by molar-refractivity contribution is -0.123. The van der Waals surface area contributed by atoms with Crippen LogP contribution >= 0.6 is 0 Å². The third kappa shape index (κ3) is 4.39. The normalized spacial score (nSPS) is 12.2. The van der Waals surface area contributed by atoms with Crippen LogP contribution in [0.3, 0.4) is 0 Å². The van der Waals surface area contributed by atoms with Gasteiger partial charge in [0.2, 0.25) is 5.91 Å². The van der Waals surface area contributed by atoms with Gasteiger partial charge in [-0.25, -0.2) is 0 Å². The highest BCUT2D eigenvalue weighted by molar-refractivity contribution is 5.81. The highest BCUT2D eigenvalue weighted by Crippen LogP contribution is 2.14. The molecule has 1 aromatic rings. The average Bonchev–Trinajstić information content (AvgIpc) is 2.29. The van der Waals surface area contributed by atoms with Crippen LogP contribution in [0.15, 0.2) is 24.3 Å². The van der Waals surface area contributed by atoms with Gasteiger partial charge in [0.15, 0.2) is 0 Å². The monoisotopic (exact) mass is 233 g/mol. The molecule has 0 heterocycles. The van der Waals surface area contributed by atoms with E-state index in [1.54, 1.807) is 6.92 Å². The van der Waals surface area contributed by atoms with Crippen LogP contribution in [0.1, 0.15) is 37.8 Å². The molecule has 0 aliphatic rings. The summed E-state index contributed by atoms with van der Waals surface area (Å²) in [5.41, 5.74) is 2.22. The van der Waals surface area contributed by atoms with Crippen LogP contribution in [0, 0.1) is 0 Å². The number of rotatable bonds is 5. The molecule has 1 amide bonds. The largest absolute Gasteiger partial charge is 0.347 e. The molecule has 92 valence electrons. The Morgan fingerprint density at radius 1 is 1.24 bits per heavy atom. The van der Waals surface area contributed by atoms with E-state index in [2.05, 4.69) is 19.2 Å². The highest BCUT2D eigenvalue weighted by Gasteiger charge is 2.07. The van der Waals surface area contributed by atoms with Gasteiger partial charge in [0, 0.05) is 0 Å². The molecule has 1 atom stereocenters. The van der Waals surface area contributed by atoms with E-state index in [0.29, 0.717) is 12.3 Å². The van der Waals surface area contributed by atoms with Crippen molar-refractivity contribution in [2.75, 3.05) is 0 Å². The molecule has 0 bridgehead atoms. The van der Waals surface area contributed by atoms with Gasteiger partial charge in [-0.2, -0.15) is 0 Å². The number of benzene rings is 1. The van der Waals surface area contributed by atoms with E-state index >= 15 is 0 Å². The Kier molecular flexibility index (Phi) is 4.88. The minimum absolute atomic E-state index is 0.123. The molecule has 3 nitrogen and oxygen atoms in total. The molecule has 1 rings (SSSR count). The van der Waals surface area contributed by atoms with Crippen molar-refractivity contribution in [3.05, 3.63) is 35.4 Å². The Morgan fingerprint density at radius 3 is 2.29 bits per heavy atom. The minimum Gasteiger partial charge on any atom is -0.347 e.